The predicted molar refractivity (Wildman–Crippen MR) is 51.9 cm³/mol. The Balaban J connectivity index is 2.66. The molecule has 1 aromatic rings. The lowest BCUT2D eigenvalue weighted by atomic mass is 10.3. The molecule has 11 heavy (non-hydrogen) atoms. The number of nitrogens with one attached hydrogen (secondary N) is 1. The van der Waals surface area contributed by atoms with Crippen LogP contribution >= 0.6 is 15.9 Å². The summed E-state index contributed by atoms with van der Waals surface area (Å²) in [4.78, 5) is 0. The number of hydrogen-bond donors (Lipinski definition) is 1. The highest BCUT2D eigenvalue weighted by Crippen LogP contribution is 2.13. The van der Waals surface area contributed by atoms with Crippen LogP contribution in [-0.2, 0) is 0 Å². The first-order chi connectivity index (χ1) is 5.33. The zero-order valence-corrected chi connectivity index (χ0v) is 7.80. The number of benzene rings is 1. The molecule has 1 rings (SSSR count). The van der Waals surface area contributed by atoms with Crippen molar-refractivity contribution < 1.29 is 0 Å². The SMILES string of the molecule is C/C=N/Nc1ccc(Br)cc1. The normalized spacial score (nSPS) is 10.4. The quantitative estimate of drug-likeness (QED) is 0.592. The molecular weight excluding hydrogens is 204 g/mol. The summed E-state index contributed by atoms with van der Waals surface area (Å²) in [6.45, 7) is 1.87. The molecule has 0 unspecified atom stereocenters. The monoisotopic (exact) mass is 212 g/mol. The number of rotatable bonds is 2. The first kappa shape index (κ1) is 8.27. The second-order valence-electron chi connectivity index (χ2n) is 2.01. The Labute approximate surface area is 74.4 Å². The summed E-state index contributed by atoms with van der Waals surface area (Å²) >= 11 is 3.35. The Morgan fingerprint density at radius 1 is 1.36 bits per heavy atom. The predicted octanol–water partition coefficient (Wildman–Crippen LogP) is 2.87. The second-order valence-corrected chi connectivity index (χ2v) is 2.92. The van der Waals surface area contributed by atoms with E-state index in [4.69, 9.17) is 0 Å². The van der Waals surface area contributed by atoms with Gasteiger partial charge in [0, 0.05) is 10.7 Å². The van der Waals surface area contributed by atoms with Crippen molar-refractivity contribution in [3.8, 4) is 0 Å². The maximum atomic E-state index is 3.88. The molecular formula is C8H9BrN2. The number of nitrogens with zero attached hydrogens (tertiary/aromatic N) is 1. The number of hydrazone groups is 1. The van der Waals surface area contributed by atoms with Crippen LogP contribution < -0.4 is 5.43 Å². The second kappa shape index (κ2) is 4.13. The molecule has 2 nitrogen and oxygen atoms in total. The molecule has 0 spiro atoms. The minimum Gasteiger partial charge on any atom is -0.279 e. The van der Waals surface area contributed by atoms with Gasteiger partial charge in [0.05, 0.1) is 5.69 Å². The zero-order chi connectivity index (χ0) is 8.10. The van der Waals surface area contributed by atoms with Crippen molar-refractivity contribution in [3.63, 3.8) is 0 Å². The van der Waals surface area contributed by atoms with Gasteiger partial charge in [-0.25, -0.2) is 0 Å². The van der Waals surface area contributed by atoms with Crippen molar-refractivity contribution >= 4 is 27.8 Å². The molecule has 0 aliphatic heterocycles. The van der Waals surface area contributed by atoms with Crippen LogP contribution in [0.4, 0.5) is 5.69 Å². The van der Waals surface area contributed by atoms with Gasteiger partial charge < -0.3 is 0 Å². The molecule has 0 saturated carbocycles. The highest BCUT2D eigenvalue weighted by atomic mass is 79.9. The Morgan fingerprint density at radius 3 is 2.55 bits per heavy atom. The van der Waals surface area contributed by atoms with E-state index < -0.39 is 0 Å². The van der Waals surface area contributed by atoms with Gasteiger partial charge in [0.2, 0.25) is 0 Å². The fourth-order valence-electron chi connectivity index (χ4n) is 0.664. The van der Waals surface area contributed by atoms with Crippen LogP contribution in [0.5, 0.6) is 0 Å². The topological polar surface area (TPSA) is 24.4 Å². The van der Waals surface area contributed by atoms with E-state index in [-0.39, 0.29) is 0 Å². The fraction of sp³-hybridized carbons (Fsp3) is 0.125. The van der Waals surface area contributed by atoms with Gasteiger partial charge in [0.1, 0.15) is 0 Å². The van der Waals surface area contributed by atoms with Crippen LogP contribution in [0.2, 0.25) is 0 Å². The molecule has 58 valence electrons. The largest absolute Gasteiger partial charge is 0.279 e. The van der Waals surface area contributed by atoms with E-state index >= 15 is 0 Å². The highest BCUT2D eigenvalue weighted by Gasteiger charge is 1.87. The Bertz CT molecular complexity index is 241. The van der Waals surface area contributed by atoms with Gasteiger partial charge in [-0.3, -0.25) is 5.43 Å². The van der Waals surface area contributed by atoms with Gasteiger partial charge in [0.15, 0.2) is 0 Å². The fourth-order valence-corrected chi connectivity index (χ4v) is 0.928. The Kier molecular flexibility index (Phi) is 3.11. The lowest BCUT2D eigenvalue weighted by molar-refractivity contribution is 1.34. The molecule has 0 aliphatic carbocycles. The average Bonchev–Trinajstić information content (AvgIpc) is 2.04. The van der Waals surface area contributed by atoms with Gasteiger partial charge in [-0.15, -0.1) is 0 Å². The van der Waals surface area contributed by atoms with E-state index in [1.54, 1.807) is 6.21 Å². The van der Waals surface area contributed by atoms with Crippen LogP contribution in [0.3, 0.4) is 0 Å². The molecule has 0 amide bonds. The van der Waals surface area contributed by atoms with Crippen molar-refractivity contribution in [2.75, 3.05) is 5.43 Å². The molecule has 1 N–H and O–H groups in total. The van der Waals surface area contributed by atoms with Crippen LogP contribution in [0.1, 0.15) is 6.92 Å². The summed E-state index contributed by atoms with van der Waals surface area (Å²) in [5.41, 5.74) is 3.86. The molecule has 0 radical (unpaired) electrons. The summed E-state index contributed by atoms with van der Waals surface area (Å²) in [5.74, 6) is 0. The zero-order valence-electron chi connectivity index (χ0n) is 6.21. The number of halogens is 1. The molecule has 1 aromatic carbocycles. The van der Waals surface area contributed by atoms with E-state index in [0.29, 0.717) is 0 Å². The third-order valence-electron chi connectivity index (χ3n) is 1.17. The third kappa shape index (κ3) is 2.72. The van der Waals surface area contributed by atoms with Crippen LogP contribution in [0.25, 0.3) is 0 Å². The maximum absolute atomic E-state index is 3.88. The van der Waals surface area contributed by atoms with Crippen LogP contribution in [0, 0.1) is 0 Å². The summed E-state index contributed by atoms with van der Waals surface area (Å²) in [6, 6.07) is 7.84. The molecule has 0 atom stereocenters. The smallest absolute Gasteiger partial charge is 0.0562 e. The molecule has 3 heteroatoms. The van der Waals surface area contributed by atoms with Gasteiger partial charge in [-0.2, -0.15) is 5.10 Å². The summed E-state index contributed by atoms with van der Waals surface area (Å²) in [7, 11) is 0. The standard InChI is InChI=1S/C8H9BrN2/c1-2-10-11-8-5-3-7(9)4-6-8/h2-6,11H,1H3/b10-2+. The minimum atomic E-state index is 0.992. The highest BCUT2D eigenvalue weighted by molar-refractivity contribution is 9.10. The lowest BCUT2D eigenvalue weighted by Crippen LogP contribution is -1.86. The molecule has 0 heterocycles. The first-order valence-corrected chi connectivity index (χ1v) is 4.11. The summed E-state index contributed by atoms with van der Waals surface area (Å²) in [6.07, 6.45) is 1.71. The van der Waals surface area contributed by atoms with Crippen molar-refractivity contribution in [1.29, 1.82) is 0 Å². The molecule has 0 aromatic heterocycles. The third-order valence-corrected chi connectivity index (χ3v) is 1.70. The number of hydrogen-bond acceptors (Lipinski definition) is 2. The van der Waals surface area contributed by atoms with Crippen molar-refractivity contribution in [3.05, 3.63) is 28.7 Å². The minimum absolute atomic E-state index is 0.992. The number of anilines is 1. The van der Waals surface area contributed by atoms with Crippen molar-refractivity contribution in [2.24, 2.45) is 5.10 Å². The van der Waals surface area contributed by atoms with Crippen LogP contribution in [0.15, 0.2) is 33.8 Å². The van der Waals surface area contributed by atoms with E-state index in [9.17, 15) is 0 Å². The molecule has 0 fully saturated rings. The van der Waals surface area contributed by atoms with Gasteiger partial charge in [-0.05, 0) is 31.2 Å². The summed E-state index contributed by atoms with van der Waals surface area (Å²) in [5, 5.41) is 3.88. The van der Waals surface area contributed by atoms with E-state index in [1.807, 2.05) is 31.2 Å². The summed E-state index contributed by atoms with van der Waals surface area (Å²) < 4.78 is 1.07. The van der Waals surface area contributed by atoms with Gasteiger partial charge in [-0.1, -0.05) is 15.9 Å². The van der Waals surface area contributed by atoms with E-state index in [2.05, 4.69) is 26.5 Å². The average molecular weight is 213 g/mol. The Hall–Kier alpha value is -0.830. The maximum Gasteiger partial charge on any atom is 0.0562 e. The van der Waals surface area contributed by atoms with Crippen molar-refractivity contribution in [1.82, 2.24) is 0 Å². The van der Waals surface area contributed by atoms with Gasteiger partial charge >= 0.3 is 0 Å². The first-order valence-electron chi connectivity index (χ1n) is 3.32. The van der Waals surface area contributed by atoms with Crippen molar-refractivity contribution in [2.45, 2.75) is 6.92 Å². The van der Waals surface area contributed by atoms with E-state index in [0.717, 1.165) is 10.2 Å². The molecule has 0 bridgehead atoms. The molecule has 0 saturated heterocycles. The van der Waals surface area contributed by atoms with Crippen LogP contribution in [-0.4, -0.2) is 6.21 Å². The Morgan fingerprint density at radius 2 is 2.00 bits per heavy atom. The van der Waals surface area contributed by atoms with Gasteiger partial charge in [0.25, 0.3) is 0 Å². The molecule has 0 aliphatic rings. The lowest BCUT2D eigenvalue weighted by Gasteiger charge is -1.97. The van der Waals surface area contributed by atoms with E-state index in [1.165, 1.54) is 0 Å².